The number of hydrogen-bond acceptors (Lipinski definition) is 1. The van der Waals surface area contributed by atoms with E-state index in [1.807, 2.05) is 6.20 Å². The lowest BCUT2D eigenvalue weighted by molar-refractivity contribution is 0.738. The first-order chi connectivity index (χ1) is 4.72. The summed E-state index contributed by atoms with van der Waals surface area (Å²) in [7, 11) is 0. The van der Waals surface area contributed by atoms with Crippen LogP contribution in [0.3, 0.4) is 0 Å². The van der Waals surface area contributed by atoms with Crippen molar-refractivity contribution in [1.29, 1.82) is 0 Å². The third-order valence-electron chi connectivity index (χ3n) is 2.20. The Balaban J connectivity index is 2.42. The fourth-order valence-electron chi connectivity index (χ4n) is 1.13. The van der Waals surface area contributed by atoms with Crippen molar-refractivity contribution in [1.82, 2.24) is 10.2 Å². The Hall–Kier alpha value is -0.310. The molecule has 0 unspecified atom stereocenters. The lowest BCUT2D eigenvalue weighted by Gasteiger charge is -2.03. The molecule has 3 heteroatoms. The normalized spacial score (nSPS) is 21.0. The molecular weight excluding hydrogens is 192 g/mol. The van der Waals surface area contributed by atoms with Crippen LogP contribution in [-0.4, -0.2) is 10.2 Å². The third-order valence-corrected chi connectivity index (χ3v) is 2.80. The molecule has 1 saturated carbocycles. The largest absolute Gasteiger partial charge is 0.281 e. The minimum Gasteiger partial charge on any atom is -0.281 e. The summed E-state index contributed by atoms with van der Waals surface area (Å²) >= 11 is 3.45. The molecule has 2 rings (SSSR count). The minimum atomic E-state index is 0.398. The van der Waals surface area contributed by atoms with Crippen LogP contribution in [0.25, 0.3) is 0 Å². The second kappa shape index (κ2) is 1.84. The van der Waals surface area contributed by atoms with E-state index < -0.39 is 0 Å². The number of aromatic amines is 1. The molecule has 0 aliphatic heterocycles. The molecular formula is C7H9BrN2. The Bertz CT molecular complexity index is 250. The lowest BCUT2D eigenvalue weighted by Crippen LogP contribution is -2.00. The van der Waals surface area contributed by atoms with Crippen LogP contribution in [0.2, 0.25) is 0 Å². The molecule has 0 saturated heterocycles. The van der Waals surface area contributed by atoms with Gasteiger partial charge >= 0.3 is 0 Å². The molecule has 0 radical (unpaired) electrons. The highest BCUT2D eigenvalue weighted by Crippen LogP contribution is 2.48. The monoisotopic (exact) mass is 200 g/mol. The van der Waals surface area contributed by atoms with Gasteiger partial charge in [-0.15, -0.1) is 0 Å². The standard InChI is InChI=1S/C7H9BrN2/c1-7(2-3-7)6-5(8)4-9-10-6/h4H,2-3H2,1H3,(H,9,10). The van der Waals surface area contributed by atoms with Crippen LogP contribution in [0.15, 0.2) is 10.7 Å². The predicted octanol–water partition coefficient (Wildman–Crippen LogP) is 2.22. The van der Waals surface area contributed by atoms with Gasteiger partial charge in [0.1, 0.15) is 0 Å². The molecule has 10 heavy (non-hydrogen) atoms. The maximum absolute atomic E-state index is 3.96. The molecule has 0 bridgehead atoms. The molecule has 0 atom stereocenters. The molecule has 54 valence electrons. The van der Waals surface area contributed by atoms with E-state index in [-0.39, 0.29) is 0 Å². The van der Waals surface area contributed by atoms with Crippen LogP contribution in [0.5, 0.6) is 0 Å². The van der Waals surface area contributed by atoms with Gasteiger partial charge in [-0.05, 0) is 28.8 Å². The van der Waals surface area contributed by atoms with Crippen molar-refractivity contribution in [3.8, 4) is 0 Å². The van der Waals surface area contributed by atoms with Crippen LogP contribution in [0, 0.1) is 0 Å². The molecule has 1 aromatic rings. The van der Waals surface area contributed by atoms with Crippen molar-refractivity contribution in [3.63, 3.8) is 0 Å². The molecule has 0 spiro atoms. The van der Waals surface area contributed by atoms with E-state index >= 15 is 0 Å². The SMILES string of the molecule is CC1(c2[nH]ncc2Br)CC1. The highest BCUT2D eigenvalue weighted by atomic mass is 79.9. The predicted molar refractivity (Wildman–Crippen MR) is 42.9 cm³/mol. The maximum atomic E-state index is 3.96. The van der Waals surface area contributed by atoms with E-state index in [1.54, 1.807) is 0 Å². The summed E-state index contributed by atoms with van der Waals surface area (Å²) in [5, 5.41) is 6.97. The number of nitrogens with zero attached hydrogens (tertiary/aromatic N) is 1. The average molecular weight is 201 g/mol. The zero-order chi connectivity index (χ0) is 7.19. The van der Waals surface area contributed by atoms with Gasteiger partial charge in [0.15, 0.2) is 0 Å². The van der Waals surface area contributed by atoms with Gasteiger partial charge in [-0.25, -0.2) is 0 Å². The quantitative estimate of drug-likeness (QED) is 0.741. The van der Waals surface area contributed by atoms with Gasteiger partial charge in [0.2, 0.25) is 0 Å². The van der Waals surface area contributed by atoms with E-state index in [0.29, 0.717) is 5.41 Å². The van der Waals surface area contributed by atoms with Crippen molar-refractivity contribution in [2.75, 3.05) is 0 Å². The summed E-state index contributed by atoms with van der Waals surface area (Å²) in [5.74, 6) is 0. The van der Waals surface area contributed by atoms with Crippen molar-refractivity contribution in [2.24, 2.45) is 0 Å². The number of H-pyrrole nitrogens is 1. The van der Waals surface area contributed by atoms with Gasteiger partial charge in [-0.2, -0.15) is 5.10 Å². The Morgan fingerprint density at radius 3 is 2.80 bits per heavy atom. The summed E-state index contributed by atoms with van der Waals surface area (Å²) < 4.78 is 1.12. The second-order valence-corrected chi connectivity index (χ2v) is 4.01. The van der Waals surface area contributed by atoms with Crippen molar-refractivity contribution < 1.29 is 0 Å². The summed E-state index contributed by atoms with van der Waals surface area (Å²) in [6.07, 6.45) is 4.39. The van der Waals surface area contributed by atoms with Gasteiger partial charge in [-0.1, -0.05) is 6.92 Å². The summed E-state index contributed by atoms with van der Waals surface area (Å²) in [6, 6.07) is 0. The topological polar surface area (TPSA) is 28.7 Å². The van der Waals surface area contributed by atoms with Crippen molar-refractivity contribution in [3.05, 3.63) is 16.4 Å². The Kier molecular flexibility index (Phi) is 1.18. The number of rotatable bonds is 1. The first-order valence-corrected chi connectivity index (χ1v) is 4.21. The molecule has 1 N–H and O–H groups in total. The fourth-order valence-corrected chi connectivity index (χ4v) is 1.80. The Morgan fingerprint density at radius 1 is 1.70 bits per heavy atom. The Labute approximate surface area is 68.2 Å². The third kappa shape index (κ3) is 0.804. The van der Waals surface area contributed by atoms with Crippen LogP contribution in [0.1, 0.15) is 25.5 Å². The molecule has 1 aliphatic carbocycles. The molecule has 1 aromatic heterocycles. The maximum Gasteiger partial charge on any atom is 0.0632 e. The smallest absolute Gasteiger partial charge is 0.0632 e. The molecule has 0 aromatic carbocycles. The second-order valence-electron chi connectivity index (χ2n) is 3.15. The fraction of sp³-hybridized carbons (Fsp3) is 0.571. The van der Waals surface area contributed by atoms with E-state index in [9.17, 15) is 0 Å². The van der Waals surface area contributed by atoms with Crippen molar-refractivity contribution >= 4 is 15.9 Å². The lowest BCUT2D eigenvalue weighted by atomic mass is 10.1. The van der Waals surface area contributed by atoms with Gasteiger partial charge in [0, 0.05) is 5.41 Å². The zero-order valence-electron chi connectivity index (χ0n) is 5.82. The van der Waals surface area contributed by atoms with E-state index in [1.165, 1.54) is 18.5 Å². The van der Waals surface area contributed by atoms with Gasteiger partial charge in [0.05, 0.1) is 16.4 Å². The van der Waals surface area contributed by atoms with Gasteiger partial charge in [0.25, 0.3) is 0 Å². The zero-order valence-corrected chi connectivity index (χ0v) is 7.40. The number of nitrogens with one attached hydrogen (secondary N) is 1. The molecule has 0 amide bonds. The first-order valence-electron chi connectivity index (χ1n) is 3.42. The summed E-state index contributed by atoms with van der Waals surface area (Å²) in [6.45, 7) is 2.26. The number of halogens is 1. The van der Waals surface area contributed by atoms with Gasteiger partial charge in [-0.3, -0.25) is 5.10 Å². The number of aromatic nitrogens is 2. The van der Waals surface area contributed by atoms with E-state index in [2.05, 4.69) is 33.1 Å². The molecule has 1 fully saturated rings. The van der Waals surface area contributed by atoms with Crippen molar-refractivity contribution in [2.45, 2.75) is 25.2 Å². The molecule has 1 heterocycles. The number of hydrogen-bond donors (Lipinski definition) is 1. The minimum absolute atomic E-state index is 0.398. The highest BCUT2D eigenvalue weighted by molar-refractivity contribution is 9.10. The van der Waals surface area contributed by atoms with E-state index in [4.69, 9.17) is 0 Å². The molecule has 2 nitrogen and oxygen atoms in total. The van der Waals surface area contributed by atoms with Crippen LogP contribution in [-0.2, 0) is 5.41 Å². The summed E-state index contributed by atoms with van der Waals surface area (Å²) in [4.78, 5) is 0. The van der Waals surface area contributed by atoms with Gasteiger partial charge < -0.3 is 0 Å². The van der Waals surface area contributed by atoms with Crippen LogP contribution in [0.4, 0.5) is 0 Å². The highest BCUT2D eigenvalue weighted by Gasteiger charge is 2.41. The summed E-state index contributed by atoms with van der Waals surface area (Å²) in [5.41, 5.74) is 1.66. The van der Waals surface area contributed by atoms with Crippen LogP contribution < -0.4 is 0 Å². The first kappa shape index (κ1) is 6.40. The van der Waals surface area contributed by atoms with Crippen LogP contribution >= 0.6 is 15.9 Å². The average Bonchev–Trinajstić information content (AvgIpc) is 2.44. The Morgan fingerprint density at radius 2 is 2.40 bits per heavy atom. The van der Waals surface area contributed by atoms with E-state index in [0.717, 1.165) is 4.47 Å². The molecule has 1 aliphatic rings.